The molecule has 0 bridgehead atoms. The number of rotatable bonds is 4. The molecule has 5 heteroatoms. The lowest BCUT2D eigenvalue weighted by molar-refractivity contribution is 0.449. The zero-order chi connectivity index (χ0) is 15.0. The van der Waals surface area contributed by atoms with E-state index in [-0.39, 0.29) is 5.56 Å². The molecule has 110 valence electrons. The number of aromatic nitrogens is 2. The Morgan fingerprint density at radius 2 is 2.10 bits per heavy atom. The molecule has 4 nitrogen and oxygen atoms in total. The van der Waals surface area contributed by atoms with Crippen molar-refractivity contribution < 1.29 is 4.74 Å². The summed E-state index contributed by atoms with van der Waals surface area (Å²) in [4.78, 5) is 18.9. The monoisotopic (exact) mass is 348 g/mol. The van der Waals surface area contributed by atoms with E-state index < -0.39 is 0 Å². The Morgan fingerprint density at radius 3 is 2.76 bits per heavy atom. The SMILES string of the molecule is CC(C)c1cc(Br)ccc1Oc1cc(=O)[nH]c(C2CC2)n1. The van der Waals surface area contributed by atoms with Gasteiger partial charge in [0.15, 0.2) is 0 Å². The van der Waals surface area contributed by atoms with Gasteiger partial charge < -0.3 is 9.72 Å². The van der Waals surface area contributed by atoms with Crippen LogP contribution in [0.25, 0.3) is 0 Å². The van der Waals surface area contributed by atoms with Crippen molar-refractivity contribution in [2.24, 2.45) is 0 Å². The fourth-order valence-corrected chi connectivity index (χ4v) is 2.61. The maximum atomic E-state index is 11.7. The average molecular weight is 349 g/mol. The van der Waals surface area contributed by atoms with E-state index >= 15 is 0 Å². The molecule has 1 aliphatic carbocycles. The fraction of sp³-hybridized carbons (Fsp3) is 0.375. The van der Waals surface area contributed by atoms with Gasteiger partial charge in [0.05, 0.1) is 6.07 Å². The standard InChI is InChI=1S/C16H17BrN2O2/c1-9(2)12-7-11(17)5-6-13(12)21-15-8-14(20)18-16(19-15)10-3-4-10/h5-10H,3-4H2,1-2H3,(H,18,19,20). The number of halogens is 1. The van der Waals surface area contributed by atoms with E-state index in [4.69, 9.17) is 4.74 Å². The highest BCUT2D eigenvalue weighted by Crippen LogP contribution is 2.38. The number of aromatic amines is 1. The Balaban J connectivity index is 1.95. The Kier molecular flexibility index (Phi) is 3.85. The molecule has 1 heterocycles. The molecule has 21 heavy (non-hydrogen) atoms. The molecule has 0 aliphatic heterocycles. The van der Waals surface area contributed by atoms with Gasteiger partial charge in [-0.15, -0.1) is 0 Å². The number of H-pyrrole nitrogens is 1. The van der Waals surface area contributed by atoms with Crippen molar-refractivity contribution in [3.63, 3.8) is 0 Å². The summed E-state index contributed by atoms with van der Waals surface area (Å²) in [6.45, 7) is 4.21. The van der Waals surface area contributed by atoms with E-state index in [2.05, 4.69) is 39.7 Å². The van der Waals surface area contributed by atoms with Gasteiger partial charge in [0, 0.05) is 10.4 Å². The molecule has 3 rings (SSSR count). The van der Waals surface area contributed by atoms with Crippen LogP contribution in [0.15, 0.2) is 33.5 Å². The second-order valence-corrected chi connectivity index (χ2v) is 6.60. The number of ether oxygens (including phenoxy) is 1. The highest BCUT2D eigenvalue weighted by Gasteiger charge is 2.26. The lowest BCUT2D eigenvalue weighted by Gasteiger charge is -2.14. The quantitative estimate of drug-likeness (QED) is 0.894. The second-order valence-electron chi connectivity index (χ2n) is 5.68. The van der Waals surface area contributed by atoms with Gasteiger partial charge in [-0.3, -0.25) is 4.79 Å². The fourth-order valence-electron chi connectivity index (χ4n) is 2.23. The summed E-state index contributed by atoms with van der Waals surface area (Å²) in [6, 6.07) is 7.27. The van der Waals surface area contributed by atoms with Crippen LogP contribution in [0.3, 0.4) is 0 Å². The minimum atomic E-state index is -0.162. The second kappa shape index (κ2) is 5.64. The van der Waals surface area contributed by atoms with Crippen LogP contribution in [0.5, 0.6) is 11.6 Å². The van der Waals surface area contributed by atoms with Gasteiger partial charge in [-0.05, 0) is 42.5 Å². The molecule has 0 radical (unpaired) electrons. The van der Waals surface area contributed by atoms with E-state index in [1.807, 2.05) is 18.2 Å². The van der Waals surface area contributed by atoms with Crippen molar-refractivity contribution >= 4 is 15.9 Å². The van der Waals surface area contributed by atoms with E-state index in [0.717, 1.165) is 34.5 Å². The van der Waals surface area contributed by atoms with Crippen LogP contribution < -0.4 is 10.3 Å². The third-order valence-corrected chi connectivity index (χ3v) is 4.00. The highest BCUT2D eigenvalue weighted by atomic mass is 79.9. The number of hydrogen-bond donors (Lipinski definition) is 1. The Labute approximate surface area is 131 Å². The van der Waals surface area contributed by atoms with Gasteiger partial charge in [0.25, 0.3) is 5.56 Å². The third kappa shape index (κ3) is 3.35. The van der Waals surface area contributed by atoms with E-state index in [9.17, 15) is 4.79 Å². The van der Waals surface area contributed by atoms with Gasteiger partial charge in [0.1, 0.15) is 11.6 Å². The van der Waals surface area contributed by atoms with Gasteiger partial charge in [-0.1, -0.05) is 29.8 Å². The van der Waals surface area contributed by atoms with Crippen LogP contribution in [0.2, 0.25) is 0 Å². The normalized spacial score (nSPS) is 14.5. The van der Waals surface area contributed by atoms with Crippen LogP contribution >= 0.6 is 15.9 Å². The smallest absolute Gasteiger partial charge is 0.254 e. The minimum Gasteiger partial charge on any atom is -0.438 e. The van der Waals surface area contributed by atoms with Gasteiger partial charge >= 0.3 is 0 Å². The molecule has 0 saturated heterocycles. The molecule has 0 amide bonds. The van der Waals surface area contributed by atoms with Crippen LogP contribution in [-0.4, -0.2) is 9.97 Å². The first kappa shape index (κ1) is 14.3. The first-order valence-corrected chi connectivity index (χ1v) is 7.91. The first-order chi connectivity index (χ1) is 10.0. The molecule has 1 aliphatic rings. The molecule has 1 aromatic carbocycles. The zero-order valence-corrected chi connectivity index (χ0v) is 13.6. The Hall–Kier alpha value is -1.62. The first-order valence-electron chi connectivity index (χ1n) is 7.11. The van der Waals surface area contributed by atoms with Gasteiger partial charge in [-0.25, -0.2) is 0 Å². The van der Waals surface area contributed by atoms with Crippen LogP contribution in [-0.2, 0) is 0 Å². The van der Waals surface area contributed by atoms with Crippen LogP contribution in [0, 0.1) is 0 Å². The molecule has 1 saturated carbocycles. The average Bonchev–Trinajstić information content (AvgIpc) is 3.24. The molecule has 1 N–H and O–H groups in total. The Bertz CT molecular complexity index is 720. The lowest BCUT2D eigenvalue weighted by Crippen LogP contribution is -2.10. The van der Waals surface area contributed by atoms with Crippen LogP contribution in [0.1, 0.15) is 49.9 Å². The summed E-state index contributed by atoms with van der Waals surface area (Å²) in [5.74, 6) is 2.55. The summed E-state index contributed by atoms with van der Waals surface area (Å²) in [7, 11) is 0. The summed E-state index contributed by atoms with van der Waals surface area (Å²) in [5.41, 5.74) is 0.921. The van der Waals surface area contributed by atoms with Crippen molar-refractivity contribution in [2.75, 3.05) is 0 Å². The van der Waals surface area contributed by atoms with E-state index in [1.165, 1.54) is 6.07 Å². The zero-order valence-electron chi connectivity index (χ0n) is 12.0. The summed E-state index contributed by atoms with van der Waals surface area (Å²) in [6.07, 6.45) is 2.17. The van der Waals surface area contributed by atoms with Gasteiger partial charge in [-0.2, -0.15) is 4.98 Å². The molecule has 0 atom stereocenters. The van der Waals surface area contributed by atoms with Crippen molar-refractivity contribution in [3.05, 3.63) is 50.5 Å². The predicted molar refractivity (Wildman–Crippen MR) is 85.1 cm³/mol. The molecule has 1 aromatic heterocycles. The maximum absolute atomic E-state index is 11.7. The number of benzene rings is 1. The van der Waals surface area contributed by atoms with Crippen molar-refractivity contribution in [1.82, 2.24) is 9.97 Å². The van der Waals surface area contributed by atoms with Crippen LogP contribution in [0.4, 0.5) is 0 Å². The molecule has 2 aromatic rings. The third-order valence-electron chi connectivity index (χ3n) is 3.51. The summed E-state index contributed by atoms with van der Waals surface area (Å²) < 4.78 is 6.88. The summed E-state index contributed by atoms with van der Waals surface area (Å²) >= 11 is 3.47. The summed E-state index contributed by atoms with van der Waals surface area (Å²) in [5, 5.41) is 0. The highest BCUT2D eigenvalue weighted by molar-refractivity contribution is 9.10. The molecule has 0 unspecified atom stereocenters. The van der Waals surface area contributed by atoms with E-state index in [1.54, 1.807) is 0 Å². The predicted octanol–water partition coefficient (Wildman–Crippen LogP) is 4.33. The molecular weight excluding hydrogens is 332 g/mol. The topological polar surface area (TPSA) is 55.0 Å². The van der Waals surface area contributed by atoms with E-state index in [0.29, 0.717) is 17.7 Å². The van der Waals surface area contributed by atoms with Crippen molar-refractivity contribution in [3.8, 4) is 11.6 Å². The molecule has 1 fully saturated rings. The lowest BCUT2D eigenvalue weighted by atomic mass is 10.0. The number of nitrogens with zero attached hydrogens (tertiary/aromatic N) is 1. The molecule has 0 spiro atoms. The van der Waals surface area contributed by atoms with Crippen molar-refractivity contribution in [2.45, 2.75) is 38.5 Å². The Morgan fingerprint density at radius 1 is 1.33 bits per heavy atom. The number of nitrogens with one attached hydrogen (secondary N) is 1. The van der Waals surface area contributed by atoms with Crippen molar-refractivity contribution in [1.29, 1.82) is 0 Å². The maximum Gasteiger partial charge on any atom is 0.254 e. The van der Waals surface area contributed by atoms with Gasteiger partial charge in [0.2, 0.25) is 5.88 Å². The number of hydrogen-bond acceptors (Lipinski definition) is 3. The molecular formula is C16H17BrN2O2. The largest absolute Gasteiger partial charge is 0.438 e. The minimum absolute atomic E-state index is 0.162.